The van der Waals surface area contributed by atoms with Crippen molar-refractivity contribution < 1.29 is 9.90 Å². The third kappa shape index (κ3) is 3.32. The van der Waals surface area contributed by atoms with Crippen LogP contribution in [0.3, 0.4) is 0 Å². The Labute approximate surface area is 141 Å². The van der Waals surface area contributed by atoms with Gasteiger partial charge in [-0.25, -0.2) is 4.79 Å². The van der Waals surface area contributed by atoms with Gasteiger partial charge in [0.1, 0.15) is 0 Å². The van der Waals surface area contributed by atoms with Crippen LogP contribution in [-0.4, -0.2) is 11.1 Å². The van der Waals surface area contributed by atoms with E-state index in [0.29, 0.717) is 11.8 Å². The molecule has 0 aromatic carbocycles. The quantitative estimate of drug-likeness (QED) is 0.669. The zero-order valence-electron chi connectivity index (χ0n) is 15.4. The second-order valence-electron chi connectivity index (χ2n) is 8.43. The van der Waals surface area contributed by atoms with Gasteiger partial charge in [-0.05, 0) is 68.6 Å². The summed E-state index contributed by atoms with van der Waals surface area (Å²) >= 11 is 0. The summed E-state index contributed by atoms with van der Waals surface area (Å²) < 4.78 is 0. The highest BCUT2D eigenvalue weighted by atomic mass is 16.4. The lowest BCUT2D eigenvalue weighted by Gasteiger charge is -2.58. The van der Waals surface area contributed by atoms with Crippen molar-refractivity contribution in [3.05, 3.63) is 35.5 Å². The van der Waals surface area contributed by atoms with Crippen molar-refractivity contribution in [3.8, 4) is 0 Å². The molecule has 2 nitrogen and oxygen atoms in total. The first kappa shape index (κ1) is 18.0. The summed E-state index contributed by atoms with van der Waals surface area (Å²) in [6, 6.07) is 0. The normalized spacial score (nSPS) is 38.0. The molecule has 128 valence electrons. The van der Waals surface area contributed by atoms with Crippen LogP contribution in [0.25, 0.3) is 0 Å². The van der Waals surface area contributed by atoms with E-state index in [0.717, 1.165) is 24.8 Å². The van der Waals surface area contributed by atoms with Gasteiger partial charge in [0.15, 0.2) is 0 Å². The van der Waals surface area contributed by atoms with Crippen molar-refractivity contribution in [2.24, 2.45) is 22.7 Å². The van der Waals surface area contributed by atoms with Crippen molar-refractivity contribution in [1.29, 1.82) is 0 Å². The van der Waals surface area contributed by atoms with Gasteiger partial charge < -0.3 is 5.11 Å². The lowest BCUT2D eigenvalue weighted by atomic mass is 9.46. The fraction of sp³-hybridized carbons (Fsp3) is 0.667. The SMILES string of the molecule is C=C1C=C(C)[C@]2(C)CC[C@@H](C)[C@](C)(CC/C(C)=C/C(=O)O)[C@H]2C1. The molecule has 0 unspecified atom stereocenters. The van der Waals surface area contributed by atoms with Crippen LogP contribution in [0.4, 0.5) is 0 Å². The zero-order chi connectivity index (χ0) is 17.4. The molecule has 2 aliphatic carbocycles. The number of carboxylic acid groups (broad SMARTS) is 1. The molecule has 23 heavy (non-hydrogen) atoms. The number of rotatable bonds is 4. The molecule has 4 atom stereocenters. The lowest BCUT2D eigenvalue weighted by Crippen LogP contribution is -2.49. The van der Waals surface area contributed by atoms with E-state index < -0.39 is 5.97 Å². The highest BCUT2D eigenvalue weighted by Crippen LogP contribution is 2.62. The first-order valence-corrected chi connectivity index (χ1v) is 8.86. The van der Waals surface area contributed by atoms with E-state index in [1.54, 1.807) is 0 Å². The smallest absolute Gasteiger partial charge is 0.328 e. The number of allylic oxidation sites excluding steroid dienone is 4. The molecule has 0 bridgehead atoms. The highest BCUT2D eigenvalue weighted by molar-refractivity contribution is 5.80. The van der Waals surface area contributed by atoms with Crippen LogP contribution < -0.4 is 0 Å². The Bertz CT molecular complexity index is 568. The Hall–Kier alpha value is -1.31. The molecular weight excluding hydrogens is 284 g/mol. The summed E-state index contributed by atoms with van der Waals surface area (Å²) in [6.07, 6.45) is 9.18. The first-order chi connectivity index (χ1) is 10.6. The molecular formula is C21H32O2. The molecule has 2 heteroatoms. The van der Waals surface area contributed by atoms with E-state index in [1.807, 2.05) is 6.92 Å². The average molecular weight is 316 g/mol. The topological polar surface area (TPSA) is 37.3 Å². The van der Waals surface area contributed by atoms with E-state index in [2.05, 4.69) is 40.3 Å². The molecule has 1 fully saturated rings. The predicted octanol–water partition coefficient (Wildman–Crippen LogP) is 5.76. The van der Waals surface area contributed by atoms with Crippen molar-refractivity contribution in [3.63, 3.8) is 0 Å². The molecule has 2 rings (SSSR count). The largest absolute Gasteiger partial charge is 0.478 e. The minimum absolute atomic E-state index is 0.235. The molecule has 0 aromatic heterocycles. The van der Waals surface area contributed by atoms with Gasteiger partial charge in [-0.3, -0.25) is 0 Å². The van der Waals surface area contributed by atoms with E-state index in [9.17, 15) is 4.79 Å². The number of carbonyl (C=O) groups is 1. The standard InChI is InChI=1S/C21H32O2/c1-14(13-19(22)23)7-9-20(5)16(3)8-10-21(6)17(4)11-15(2)12-18(20)21/h11,13,16,18H,2,7-10,12H2,1,3-6H3,(H,22,23)/b14-13+/t16-,18-,20+,21+/m1/s1. The van der Waals surface area contributed by atoms with Crippen molar-refractivity contribution in [2.75, 3.05) is 0 Å². The van der Waals surface area contributed by atoms with Crippen LogP contribution in [0, 0.1) is 22.7 Å². The van der Waals surface area contributed by atoms with Gasteiger partial charge in [-0.15, -0.1) is 0 Å². The number of hydrogen-bond donors (Lipinski definition) is 1. The average Bonchev–Trinajstić information content (AvgIpc) is 2.44. The monoisotopic (exact) mass is 316 g/mol. The molecule has 0 radical (unpaired) electrons. The van der Waals surface area contributed by atoms with E-state index >= 15 is 0 Å². The number of hydrogen-bond acceptors (Lipinski definition) is 1. The Morgan fingerprint density at radius 1 is 1.48 bits per heavy atom. The molecule has 0 aromatic rings. The molecule has 0 spiro atoms. The Kier molecular flexibility index (Phi) is 4.94. The Balaban J connectivity index is 2.29. The summed E-state index contributed by atoms with van der Waals surface area (Å²) in [7, 11) is 0. The minimum atomic E-state index is -0.834. The number of fused-ring (bicyclic) bond motifs is 1. The second kappa shape index (κ2) is 6.30. The number of carboxylic acids is 1. The van der Waals surface area contributed by atoms with Crippen molar-refractivity contribution in [2.45, 2.75) is 66.7 Å². The van der Waals surface area contributed by atoms with E-state index in [4.69, 9.17) is 5.11 Å². The van der Waals surface area contributed by atoms with Crippen LogP contribution in [0.15, 0.2) is 35.5 Å². The zero-order valence-corrected chi connectivity index (χ0v) is 15.4. The third-order valence-electron chi connectivity index (χ3n) is 7.00. The van der Waals surface area contributed by atoms with E-state index in [-0.39, 0.29) is 10.8 Å². The number of aliphatic carboxylic acids is 1. The molecule has 0 saturated heterocycles. The molecule has 0 aliphatic heterocycles. The van der Waals surface area contributed by atoms with Gasteiger partial charge in [-0.2, -0.15) is 0 Å². The van der Waals surface area contributed by atoms with Crippen LogP contribution in [0.1, 0.15) is 66.7 Å². The van der Waals surface area contributed by atoms with Crippen molar-refractivity contribution >= 4 is 5.97 Å². The second-order valence-corrected chi connectivity index (χ2v) is 8.43. The van der Waals surface area contributed by atoms with Gasteiger partial charge in [0, 0.05) is 6.08 Å². The van der Waals surface area contributed by atoms with Crippen molar-refractivity contribution in [1.82, 2.24) is 0 Å². The fourth-order valence-corrected chi connectivity index (χ4v) is 4.98. The Morgan fingerprint density at radius 3 is 2.74 bits per heavy atom. The van der Waals surface area contributed by atoms with Gasteiger partial charge in [0.2, 0.25) is 0 Å². The first-order valence-electron chi connectivity index (χ1n) is 8.86. The van der Waals surface area contributed by atoms with Crippen LogP contribution in [0.2, 0.25) is 0 Å². The molecule has 0 amide bonds. The fourth-order valence-electron chi connectivity index (χ4n) is 4.98. The van der Waals surface area contributed by atoms with Crippen LogP contribution >= 0.6 is 0 Å². The maximum atomic E-state index is 10.9. The van der Waals surface area contributed by atoms with Gasteiger partial charge in [0.05, 0.1) is 0 Å². The molecule has 1 saturated carbocycles. The molecule has 2 aliphatic rings. The summed E-state index contributed by atoms with van der Waals surface area (Å²) in [4.78, 5) is 10.9. The van der Waals surface area contributed by atoms with Gasteiger partial charge in [0.25, 0.3) is 0 Å². The summed E-state index contributed by atoms with van der Waals surface area (Å²) in [5.74, 6) is 0.435. The van der Waals surface area contributed by atoms with Crippen LogP contribution in [-0.2, 0) is 4.79 Å². The maximum Gasteiger partial charge on any atom is 0.328 e. The summed E-state index contributed by atoms with van der Waals surface area (Å²) in [5, 5.41) is 8.94. The lowest BCUT2D eigenvalue weighted by molar-refractivity contribution is -0.131. The Morgan fingerprint density at radius 2 is 2.13 bits per heavy atom. The summed E-state index contributed by atoms with van der Waals surface area (Å²) in [6.45, 7) is 15.7. The molecule has 1 N–H and O–H groups in total. The van der Waals surface area contributed by atoms with Gasteiger partial charge in [-0.1, -0.05) is 50.1 Å². The van der Waals surface area contributed by atoms with Crippen LogP contribution in [0.5, 0.6) is 0 Å². The maximum absolute atomic E-state index is 10.9. The summed E-state index contributed by atoms with van der Waals surface area (Å²) in [5.41, 5.74) is 4.21. The van der Waals surface area contributed by atoms with E-state index in [1.165, 1.54) is 30.1 Å². The molecule has 0 heterocycles. The third-order valence-corrected chi connectivity index (χ3v) is 7.00. The van der Waals surface area contributed by atoms with Gasteiger partial charge >= 0.3 is 5.97 Å². The highest BCUT2D eigenvalue weighted by Gasteiger charge is 2.53. The minimum Gasteiger partial charge on any atom is -0.478 e. The predicted molar refractivity (Wildman–Crippen MR) is 96.2 cm³/mol.